The van der Waals surface area contributed by atoms with Gasteiger partial charge in [0, 0.05) is 30.5 Å². The first-order chi connectivity index (χ1) is 10.1. The van der Waals surface area contributed by atoms with Crippen LogP contribution >= 0.6 is 23.1 Å². The quantitative estimate of drug-likeness (QED) is 0.854. The molecule has 0 N–H and O–H groups in total. The molecule has 6 heteroatoms. The summed E-state index contributed by atoms with van der Waals surface area (Å²) >= 11 is 3.11. The van der Waals surface area contributed by atoms with Gasteiger partial charge in [-0.25, -0.2) is 4.98 Å². The van der Waals surface area contributed by atoms with Crippen LogP contribution in [0, 0.1) is 5.92 Å². The van der Waals surface area contributed by atoms with E-state index in [1.165, 1.54) is 35.2 Å². The molecule has 4 nitrogen and oxygen atoms in total. The minimum absolute atomic E-state index is 0.133. The van der Waals surface area contributed by atoms with Gasteiger partial charge >= 0.3 is 0 Å². The zero-order valence-electron chi connectivity index (χ0n) is 12.3. The van der Waals surface area contributed by atoms with E-state index in [-0.39, 0.29) is 11.0 Å². The third-order valence-electron chi connectivity index (χ3n) is 4.03. The second-order valence-corrected chi connectivity index (χ2v) is 8.20. The lowest BCUT2D eigenvalue weighted by Gasteiger charge is -2.14. The number of likely N-dealkylation sites (tertiary alicyclic amines) is 1. The van der Waals surface area contributed by atoms with Crippen molar-refractivity contribution in [2.24, 2.45) is 5.92 Å². The molecule has 0 radical (unpaired) electrons. The van der Waals surface area contributed by atoms with Crippen LogP contribution in [0.25, 0.3) is 0 Å². The molecule has 1 aliphatic heterocycles. The number of thiazole rings is 1. The Morgan fingerprint density at radius 2 is 2.24 bits per heavy atom. The largest absolute Gasteiger partial charge is 0.336 e. The van der Waals surface area contributed by atoms with Crippen molar-refractivity contribution in [3.63, 3.8) is 0 Å². The van der Waals surface area contributed by atoms with Crippen molar-refractivity contribution in [2.75, 3.05) is 12.3 Å². The van der Waals surface area contributed by atoms with Gasteiger partial charge in [0.15, 0.2) is 5.12 Å². The predicted octanol–water partition coefficient (Wildman–Crippen LogP) is 2.65. The highest BCUT2D eigenvalue weighted by atomic mass is 32.2. The number of hydrogen-bond acceptors (Lipinski definition) is 5. The predicted molar refractivity (Wildman–Crippen MR) is 85.4 cm³/mol. The highest BCUT2D eigenvalue weighted by Gasteiger charge is 2.30. The normalized spacial score (nSPS) is 21.7. The van der Waals surface area contributed by atoms with Crippen LogP contribution in [-0.2, 0) is 29.0 Å². The van der Waals surface area contributed by atoms with Crippen LogP contribution in [0.1, 0.15) is 41.8 Å². The van der Waals surface area contributed by atoms with Crippen LogP contribution in [-0.4, -0.2) is 33.2 Å². The molecule has 1 aromatic heterocycles. The molecule has 1 aromatic rings. The number of aryl methyl sites for hydroxylation is 2. The third kappa shape index (κ3) is 3.66. The molecule has 1 amide bonds. The van der Waals surface area contributed by atoms with Crippen molar-refractivity contribution in [3.8, 4) is 0 Å². The maximum atomic E-state index is 12.1. The summed E-state index contributed by atoms with van der Waals surface area (Å²) in [6, 6.07) is 0. The van der Waals surface area contributed by atoms with E-state index in [2.05, 4.69) is 0 Å². The fourth-order valence-electron chi connectivity index (χ4n) is 2.99. The molecule has 114 valence electrons. The Labute approximate surface area is 133 Å². The average molecular weight is 324 g/mol. The molecule has 1 fully saturated rings. The molecule has 1 atom stereocenters. The standard InChI is InChI=1S/C15H20N2O2S2/c1-10(18)20-9-11-6-15(19)17(7-11)8-14-16-12-4-2-3-5-13(12)21-14/h11H,2-9H2,1H3. The number of carbonyl (C=O) groups is 2. The minimum atomic E-state index is 0.133. The fourth-order valence-corrected chi connectivity index (χ4v) is 4.86. The molecule has 1 unspecified atom stereocenters. The van der Waals surface area contributed by atoms with Crippen LogP contribution in [0.15, 0.2) is 0 Å². The second-order valence-electron chi connectivity index (χ2n) is 5.83. The summed E-state index contributed by atoms with van der Waals surface area (Å²) in [5, 5.41) is 1.21. The van der Waals surface area contributed by atoms with Gasteiger partial charge in [0.05, 0.1) is 12.2 Å². The van der Waals surface area contributed by atoms with Gasteiger partial charge in [0.2, 0.25) is 5.91 Å². The van der Waals surface area contributed by atoms with Crippen LogP contribution < -0.4 is 0 Å². The SMILES string of the molecule is CC(=O)SCC1CC(=O)N(Cc2nc3c(s2)CCCC3)C1. The summed E-state index contributed by atoms with van der Waals surface area (Å²) in [6.07, 6.45) is 5.33. The van der Waals surface area contributed by atoms with Crippen LogP contribution in [0.4, 0.5) is 0 Å². The monoisotopic (exact) mass is 324 g/mol. The summed E-state index contributed by atoms with van der Waals surface area (Å²) < 4.78 is 0. The Hall–Kier alpha value is -0.880. The Bertz CT molecular complexity index is 532. The van der Waals surface area contributed by atoms with Crippen LogP contribution in [0.2, 0.25) is 0 Å². The van der Waals surface area contributed by atoms with E-state index in [4.69, 9.17) is 4.98 Å². The van der Waals surface area contributed by atoms with Gasteiger partial charge in [-0.3, -0.25) is 9.59 Å². The summed E-state index contributed by atoms with van der Waals surface area (Å²) in [5.74, 6) is 1.27. The Balaban J connectivity index is 1.58. The summed E-state index contributed by atoms with van der Waals surface area (Å²) in [5.41, 5.74) is 1.26. The maximum Gasteiger partial charge on any atom is 0.223 e. The number of carbonyl (C=O) groups excluding carboxylic acids is 2. The van der Waals surface area contributed by atoms with Crippen molar-refractivity contribution in [1.29, 1.82) is 0 Å². The number of aromatic nitrogens is 1. The number of rotatable bonds is 4. The van der Waals surface area contributed by atoms with Crippen molar-refractivity contribution in [3.05, 3.63) is 15.6 Å². The first kappa shape index (κ1) is 15.0. The average Bonchev–Trinajstić information content (AvgIpc) is 3.00. The van der Waals surface area contributed by atoms with Gasteiger partial charge in [0.1, 0.15) is 5.01 Å². The molecule has 2 aliphatic rings. The highest BCUT2D eigenvalue weighted by molar-refractivity contribution is 8.13. The Morgan fingerprint density at radius 1 is 1.43 bits per heavy atom. The van der Waals surface area contributed by atoms with Crippen molar-refractivity contribution < 1.29 is 9.59 Å². The number of amides is 1. The van der Waals surface area contributed by atoms with Gasteiger partial charge in [-0.1, -0.05) is 11.8 Å². The molecular weight excluding hydrogens is 304 g/mol. The van der Waals surface area contributed by atoms with Crippen LogP contribution in [0.3, 0.4) is 0 Å². The lowest BCUT2D eigenvalue weighted by atomic mass is 10.0. The molecule has 0 bridgehead atoms. The van der Waals surface area contributed by atoms with E-state index in [0.717, 1.165) is 30.1 Å². The number of fused-ring (bicyclic) bond motifs is 1. The topological polar surface area (TPSA) is 50.3 Å². The Kier molecular flexibility index (Phi) is 4.64. The fraction of sp³-hybridized carbons (Fsp3) is 0.667. The zero-order valence-corrected chi connectivity index (χ0v) is 13.9. The van der Waals surface area contributed by atoms with E-state index in [9.17, 15) is 9.59 Å². The third-order valence-corrected chi connectivity index (χ3v) is 6.22. The van der Waals surface area contributed by atoms with Crippen LogP contribution in [0.5, 0.6) is 0 Å². The first-order valence-corrected chi connectivity index (χ1v) is 9.30. The van der Waals surface area contributed by atoms with Gasteiger partial charge in [-0.05, 0) is 31.6 Å². The maximum absolute atomic E-state index is 12.1. The van der Waals surface area contributed by atoms with E-state index in [1.54, 1.807) is 18.3 Å². The number of thioether (sulfide) groups is 1. The molecule has 0 spiro atoms. The minimum Gasteiger partial charge on any atom is -0.336 e. The molecule has 3 rings (SSSR count). The Morgan fingerprint density at radius 3 is 3.00 bits per heavy atom. The van der Waals surface area contributed by atoms with Gasteiger partial charge in [-0.2, -0.15) is 0 Å². The van der Waals surface area contributed by atoms with E-state index in [1.807, 2.05) is 4.90 Å². The molecule has 1 saturated heterocycles. The lowest BCUT2D eigenvalue weighted by molar-refractivity contribution is -0.128. The summed E-state index contributed by atoms with van der Waals surface area (Å²) in [4.78, 5) is 31.2. The van der Waals surface area contributed by atoms with Crippen molar-refractivity contribution in [1.82, 2.24) is 9.88 Å². The van der Waals surface area contributed by atoms with Crippen molar-refractivity contribution >= 4 is 34.1 Å². The molecule has 0 saturated carbocycles. The van der Waals surface area contributed by atoms with Gasteiger partial charge in [-0.15, -0.1) is 11.3 Å². The zero-order chi connectivity index (χ0) is 14.8. The highest BCUT2D eigenvalue weighted by Crippen LogP contribution is 2.29. The number of hydrogen-bond donors (Lipinski definition) is 0. The first-order valence-electron chi connectivity index (χ1n) is 7.50. The summed E-state index contributed by atoms with van der Waals surface area (Å²) in [7, 11) is 0. The van der Waals surface area contributed by atoms with Gasteiger partial charge < -0.3 is 4.90 Å². The molecule has 1 aliphatic carbocycles. The molecule has 0 aromatic carbocycles. The van der Waals surface area contributed by atoms with E-state index < -0.39 is 0 Å². The van der Waals surface area contributed by atoms with E-state index >= 15 is 0 Å². The summed E-state index contributed by atoms with van der Waals surface area (Å²) in [6.45, 7) is 3.00. The van der Waals surface area contributed by atoms with Crippen molar-refractivity contribution in [2.45, 2.75) is 45.6 Å². The second kappa shape index (κ2) is 6.48. The molecular formula is C15H20N2O2S2. The number of nitrogens with zero attached hydrogens (tertiary/aromatic N) is 2. The van der Waals surface area contributed by atoms with Gasteiger partial charge in [0.25, 0.3) is 0 Å². The molecule has 2 heterocycles. The van der Waals surface area contributed by atoms with E-state index in [0.29, 0.717) is 18.9 Å². The smallest absolute Gasteiger partial charge is 0.223 e. The lowest BCUT2D eigenvalue weighted by Crippen LogP contribution is -2.24. The molecule has 21 heavy (non-hydrogen) atoms.